The summed E-state index contributed by atoms with van der Waals surface area (Å²) in [7, 11) is -1.85. The number of ether oxygens (including phenoxy) is 1. The Morgan fingerprint density at radius 3 is 2.96 bits per heavy atom. The van der Waals surface area contributed by atoms with Gasteiger partial charge in [0.25, 0.3) is 15.9 Å². The Labute approximate surface area is 140 Å². The highest BCUT2D eigenvalue weighted by Crippen LogP contribution is 2.21. The van der Waals surface area contributed by atoms with E-state index >= 15 is 0 Å². The summed E-state index contributed by atoms with van der Waals surface area (Å²) in [4.78, 5) is 8.14. The quantitative estimate of drug-likeness (QED) is 0.752. The smallest absolute Gasteiger partial charge is 0.262 e. The zero-order valence-corrected chi connectivity index (χ0v) is 14.6. The summed E-state index contributed by atoms with van der Waals surface area (Å²) >= 11 is 0. The molecule has 1 atom stereocenters. The first kappa shape index (κ1) is 17.1. The van der Waals surface area contributed by atoms with Crippen LogP contribution in [0.3, 0.4) is 0 Å². The number of nitrogens with zero attached hydrogens (tertiary/aromatic N) is 5. The van der Waals surface area contributed by atoms with E-state index in [1.54, 1.807) is 11.6 Å². The molecule has 10 heteroatoms. The van der Waals surface area contributed by atoms with Crippen molar-refractivity contribution < 1.29 is 17.7 Å². The normalized spacial score (nSPS) is 19.7. The first-order chi connectivity index (χ1) is 11.5. The Morgan fingerprint density at radius 2 is 2.29 bits per heavy atom. The molecule has 1 aliphatic heterocycles. The number of aromatic nitrogens is 4. The van der Waals surface area contributed by atoms with Crippen LogP contribution in [0.4, 0.5) is 0 Å². The van der Waals surface area contributed by atoms with Crippen molar-refractivity contribution in [2.75, 3.05) is 13.1 Å². The number of aryl methyl sites for hydroxylation is 2. The lowest BCUT2D eigenvalue weighted by molar-refractivity contribution is -0.00299. The average Bonchev–Trinajstić information content (AvgIpc) is 3.22. The van der Waals surface area contributed by atoms with Gasteiger partial charge in [-0.25, -0.2) is 13.4 Å². The third kappa shape index (κ3) is 3.65. The highest BCUT2D eigenvalue weighted by molar-refractivity contribution is 7.89. The predicted octanol–water partition coefficient (Wildman–Crippen LogP) is 0.735. The van der Waals surface area contributed by atoms with Crippen LogP contribution in [0.2, 0.25) is 0 Å². The van der Waals surface area contributed by atoms with E-state index in [0.29, 0.717) is 31.2 Å². The predicted molar refractivity (Wildman–Crippen MR) is 83.5 cm³/mol. The first-order valence-electron chi connectivity index (χ1n) is 7.90. The second-order valence-electron chi connectivity index (χ2n) is 5.77. The fourth-order valence-electron chi connectivity index (χ4n) is 2.60. The van der Waals surface area contributed by atoms with E-state index in [-0.39, 0.29) is 17.7 Å². The lowest BCUT2D eigenvalue weighted by atomic mass is 10.1. The minimum absolute atomic E-state index is 0.0649. The molecule has 3 heterocycles. The highest BCUT2D eigenvalue weighted by atomic mass is 32.2. The van der Waals surface area contributed by atoms with Gasteiger partial charge in [-0.2, -0.15) is 9.29 Å². The Bertz CT molecular complexity index is 785. The molecule has 2 aromatic heterocycles. The van der Waals surface area contributed by atoms with E-state index in [1.807, 2.05) is 6.92 Å². The largest absolute Gasteiger partial charge is 0.367 e. The summed E-state index contributed by atoms with van der Waals surface area (Å²) < 4.78 is 39.1. The van der Waals surface area contributed by atoms with Crippen molar-refractivity contribution in [3.05, 3.63) is 24.2 Å². The van der Waals surface area contributed by atoms with Crippen molar-refractivity contribution in [2.45, 2.75) is 43.9 Å². The molecule has 132 valence electrons. The molecule has 3 rings (SSSR count). The summed E-state index contributed by atoms with van der Waals surface area (Å²) in [5.41, 5.74) is 0. The van der Waals surface area contributed by atoms with Crippen LogP contribution < -0.4 is 0 Å². The summed E-state index contributed by atoms with van der Waals surface area (Å²) in [6, 6.07) is 0. The number of hydrogen-bond acceptors (Lipinski definition) is 7. The van der Waals surface area contributed by atoms with Crippen LogP contribution >= 0.6 is 0 Å². The molecular weight excluding hydrogens is 334 g/mol. The van der Waals surface area contributed by atoms with Crippen LogP contribution in [0, 0.1) is 0 Å². The lowest BCUT2D eigenvalue weighted by Crippen LogP contribution is -2.43. The topological polar surface area (TPSA) is 103 Å². The van der Waals surface area contributed by atoms with Crippen LogP contribution in [0.5, 0.6) is 0 Å². The minimum atomic E-state index is -3.59. The van der Waals surface area contributed by atoms with Crippen molar-refractivity contribution in [1.82, 2.24) is 24.0 Å². The number of sulfonamides is 1. The lowest BCUT2D eigenvalue weighted by Gasteiger charge is -2.30. The van der Waals surface area contributed by atoms with Crippen LogP contribution in [0.1, 0.15) is 31.5 Å². The maximum atomic E-state index is 12.6. The molecule has 0 amide bonds. The van der Waals surface area contributed by atoms with E-state index in [1.165, 1.54) is 16.8 Å². The summed E-state index contributed by atoms with van der Waals surface area (Å²) in [6.07, 6.45) is 5.01. The molecule has 1 saturated heterocycles. The van der Waals surface area contributed by atoms with Gasteiger partial charge in [0.05, 0.1) is 12.4 Å². The van der Waals surface area contributed by atoms with Crippen molar-refractivity contribution >= 4 is 10.0 Å². The molecule has 0 N–H and O–H groups in total. The van der Waals surface area contributed by atoms with Crippen molar-refractivity contribution in [2.24, 2.45) is 7.05 Å². The van der Waals surface area contributed by atoms with Crippen LogP contribution in [0.15, 0.2) is 22.1 Å². The first-order valence-corrected chi connectivity index (χ1v) is 9.34. The van der Waals surface area contributed by atoms with E-state index in [2.05, 4.69) is 15.1 Å². The standard InChI is InChI=1S/C14H21N5O4S/c1-3-12-16-13(23-17-12)9-22-11-5-4-6-19(7-11)24(20,21)14-8-18(2)10-15-14/h8,10-11H,3-7,9H2,1-2H3/t11-/m0/s1. The molecule has 0 spiro atoms. The van der Waals surface area contributed by atoms with E-state index in [0.717, 1.165) is 12.8 Å². The van der Waals surface area contributed by atoms with Gasteiger partial charge in [0.2, 0.25) is 0 Å². The van der Waals surface area contributed by atoms with Crippen LogP contribution in [0.25, 0.3) is 0 Å². The Kier molecular flexibility index (Phi) is 4.97. The highest BCUT2D eigenvalue weighted by Gasteiger charge is 2.32. The molecular formula is C14H21N5O4S. The number of imidazole rings is 1. The Balaban J connectivity index is 1.61. The van der Waals surface area contributed by atoms with Gasteiger partial charge in [0.1, 0.15) is 6.61 Å². The molecule has 24 heavy (non-hydrogen) atoms. The maximum Gasteiger partial charge on any atom is 0.262 e. The van der Waals surface area contributed by atoms with Gasteiger partial charge in [0, 0.05) is 32.8 Å². The third-order valence-corrected chi connectivity index (χ3v) is 5.65. The Hall–Kier alpha value is -1.78. The fraction of sp³-hybridized carbons (Fsp3) is 0.643. The molecule has 1 aliphatic rings. The molecule has 0 saturated carbocycles. The van der Waals surface area contributed by atoms with Crippen molar-refractivity contribution in [3.63, 3.8) is 0 Å². The average molecular weight is 355 g/mol. The molecule has 1 fully saturated rings. The van der Waals surface area contributed by atoms with Gasteiger partial charge < -0.3 is 13.8 Å². The second kappa shape index (κ2) is 6.99. The van der Waals surface area contributed by atoms with E-state index < -0.39 is 10.0 Å². The monoisotopic (exact) mass is 355 g/mol. The maximum absolute atomic E-state index is 12.6. The van der Waals surface area contributed by atoms with Crippen molar-refractivity contribution in [3.8, 4) is 0 Å². The van der Waals surface area contributed by atoms with Crippen LogP contribution in [-0.4, -0.2) is 51.6 Å². The van der Waals surface area contributed by atoms with Gasteiger partial charge in [-0.15, -0.1) is 0 Å². The van der Waals surface area contributed by atoms with E-state index in [9.17, 15) is 8.42 Å². The molecule has 0 bridgehead atoms. The fourth-order valence-corrected chi connectivity index (χ4v) is 4.07. The number of hydrogen-bond donors (Lipinski definition) is 0. The molecule has 0 aromatic carbocycles. The molecule has 0 aliphatic carbocycles. The van der Waals surface area contributed by atoms with Gasteiger partial charge in [-0.3, -0.25) is 0 Å². The molecule has 0 radical (unpaired) electrons. The number of rotatable bonds is 6. The van der Waals surface area contributed by atoms with Gasteiger partial charge in [-0.05, 0) is 12.8 Å². The summed E-state index contributed by atoms with van der Waals surface area (Å²) in [5, 5.41) is 3.88. The third-order valence-electron chi connectivity index (χ3n) is 3.90. The van der Waals surface area contributed by atoms with Gasteiger partial charge in [0.15, 0.2) is 10.9 Å². The summed E-state index contributed by atoms with van der Waals surface area (Å²) in [6.45, 7) is 2.90. The minimum Gasteiger partial charge on any atom is -0.367 e. The van der Waals surface area contributed by atoms with E-state index in [4.69, 9.17) is 9.26 Å². The zero-order valence-electron chi connectivity index (χ0n) is 13.8. The second-order valence-corrected chi connectivity index (χ2v) is 7.66. The molecule has 2 aromatic rings. The molecule has 0 unspecified atom stereocenters. The van der Waals surface area contributed by atoms with Crippen molar-refractivity contribution in [1.29, 1.82) is 0 Å². The van der Waals surface area contributed by atoms with Gasteiger partial charge in [-0.1, -0.05) is 12.1 Å². The Morgan fingerprint density at radius 1 is 1.46 bits per heavy atom. The SMILES string of the molecule is CCc1noc(CO[C@H]2CCCN(S(=O)(=O)c3cn(C)cn3)C2)n1. The van der Waals surface area contributed by atoms with Gasteiger partial charge >= 0.3 is 0 Å². The number of piperidine rings is 1. The summed E-state index contributed by atoms with van der Waals surface area (Å²) in [5.74, 6) is 1.05. The van der Waals surface area contributed by atoms with Crippen LogP contribution in [-0.2, 0) is 34.8 Å². The molecule has 9 nitrogen and oxygen atoms in total. The zero-order chi connectivity index (χ0) is 17.2.